The molecule has 6 heteroatoms. The molecule has 0 unspecified atom stereocenters. The molecule has 1 N–H and O–H groups in total. The summed E-state index contributed by atoms with van der Waals surface area (Å²) in [6.45, 7) is 0. The molecular formula is C17H15ClFNO3. The third kappa shape index (κ3) is 4.47. The molecule has 0 radical (unpaired) electrons. The maximum Gasteiger partial charge on any atom is 0.248 e. The number of amides is 1. The quantitative estimate of drug-likeness (QED) is 0.835. The van der Waals surface area contributed by atoms with E-state index in [1.165, 1.54) is 24.3 Å². The summed E-state index contributed by atoms with van der Waals surface area (Å²) in [5, 5.41) is 2.54. The summed E-state index contributed by atoms with van der Waals surface area (Å²) in [7, 11) is 3.10. The molecule has 0 atom stereocenters. The highest BCUT2D eigenvalue weighted by Gasteiger charge is 2.05. The molecule has 0 spiro atoms. The van der Waals surface area contributed by atoms with E-state index < -0.39 is 5.82 Å². The number of anilines is 1. The van der Waals surface area contributed by atoms with Crippen molar-refractivity contribution in [3.8, 4) is 11.5 Å². The lowest BCUT2D eigenvalue weighted by molar-refractivity contribution is -0.111. The number of methoxy groups -OCH3 is 2. The Morgan fingerprint density at radius 3 is 2.61 bits per heavy atom. The van der Waals surface area contributed by atoms with Crippen molar-refractivity contribution in [3.63, 3.8) is 0 Å². The van der Waals surface area contributed by atoms with Gasteiger partial charge in [0.15, 0.2) is 0 Å². The van der Waals surface area contributed by atoms with E-state index >= 15 is 0 Å². The lowest BCUT2D eigenvalue weighted by Crippen LogP contribution is -2.07. The zero-order valence-corrected chi connectivity index (χ0v) is 13.4. The highest BCUT2D eigenvalue weighted by atomic mass is 35.5. The van der Waals surface area contributed by atoms with Gasteiger partial charge in [0, 0.05) is 17.3 Å². The minimum Gasteiger partial charge on any atom is -0.497 e. The van der Waals surface area contributed by atoms with Gasteiger partial charge in [-0.15, -0.1) is 0 Å². The summed E-state index contributed by atoms with van der Waals surface area (Å²) in [6, 6.07) is 9.21. The van der Waals surface area contributed by atoms with Gasteiger partial charge in [0.2, 0.25) is 5.91 Å². The van der Waals surface area contributed by atoms with Crippen LogP contribution in [0.1, 0.15) is 5.56 Å². The van der Waals surface area contributed by atoms with Crippen LogP contribution in [0.3, 0.4) is 0 Å². The first-order valence-electron chi connectivity index (χ1n) is 6.69. The zero-order valence-electron chi connectivity index (χ0n) is 12.6. The summed E-state index contributed by atoms with van der Waals surface area (Å²) >= 11 is 5.67. The molecule has 0 bridgehead atoms. The molecule has 1 amide bonds. The molecule has 4 nitrogen and oxygen atoms in total. The number of carbonyl (C=O) groups excluding carboxylic acids is 1. The Morgan fingerprint density at radius 1 is 1.17 bits per heavy atom. The van der Waals surface area contributed by atoms with Crippen LogP contribution in [0, 0.1) is 5.82 Å². The third-order valence-corrected chi connectivity index (χ3v) is 3.33. The van der Waals surface area contributed by atoms with Crippen molar-refractivity contribution in [2.45, 2.75) is 0 Å². The van der Waals surface area contributed by atoms with Crippen LogP contribution in [0.15, 0.2) is 42.5 Å². The molecule has 23 heavy (non-hydrogen) atoms. The SMILES string of the molecule is COc1ccc(OC)c(C=CC(=O)Nc2ccc(F)c(Cl)c2)c1. The molecule has 0 aromatic heterocycles. The second-order valence-electron chi connectivity index (χ2n) is 4.56. The number of benzene rings is 2. The number of hydrogen-bond acceptors (Lipinski definition) is 3. The number of halogens is 2. The van der Waals surface area contributed by atoms with E-state index in [-0.39, 0.29) is 10.9 Å². The normalized spacial score (nSPS) is 10.6. The fourth-order valence-electron chi connectivity index (χ4n) is 1.89. The van der Waals surface area contributed by atoms with Gasteiger partial charge in [0.25, 0.3) is 0 Å². The van der Waals surface area contributed by atoms with E-state index in [0.29, 0.717) is 22.7 Å². The van der Waals surface area contributed by atoms with Crippen molar-refractivity contribution in [1.82, 2.24) is 0 Å². The Bertz CT molecular complexity index is 747. The molecule has 0 saturated heterocycles. The number of rotatable bonds is 5. The van der Waals surface area contributed by atoms with Gasteiger partial charge < -0.3 is 14.8 Å². The van der Waals surface area contributed by atoms with E-state index in [1.54, 1.807) is 38.5 Å². The highest BCUT2D eigenvalue weighted by molar-refractivity contribution is 6.31. The molecule has 2 rings (SSSR count). The molecule has 0 aliphatic carbocycles. The molecule has 2 aromatic rings. The summed E-state index contributed by atoms with van der Waals surface area (Å²) in [6.07, 6.45) is 2.94. The summed E-state index contributed by atoms with van der Waals surface area (Å²) in [5.41, 5.74) is 1.10. The van der Waals surface area contributed by atoms with Gasteiger partial charge in [-0.05, 0) is 42.5 Å². The Balaban J connectivity index is 2.13. The smallest absolute Gasteiger partial charge is 0.248 e. The van der Waals surface area contributed by atoms with Crippen LogP contribution in [0.4, 0.5) is 10.1 Å². The average Bonchev–Trinajstić information content (AvgIpc) is 2.56. The van der Waals surface area contributed by atoms with E-state index in [9.17, 15) is 9.18 Å². The first-order valence-corrected chi connectivity index (χ1v) is 7.07. The van der Waals surface area contributed by atoms with E-state index in [0.717, 1.165) is 0 Å². The first-order chi connectivity index (χ1) is 11.0. The van der Waals surface area contributed by atoms with Crippen molar-refractivity contribution in [2.24, 2.45) is 0 Å². The third-order valence-electron chi connectivity index (χ3n) is 3.04. The van der Waals surface area contributed by atoms with Crippen LogP contribution in [0.5, 0.6) is 11.5 Å². The van der Waals surface area contributed by atoms with Crippen LogP contribution < -0.4 is 14.8 Å². The molecule has 0 aliphatic rings. The highest BCUT2D eigenvalue weighted by Crippen LogP contribution is 2.25. The van der Waals surface area contributed by atoms with Crippen LogP contribution in [-0.4, -0.2) is 20.1 Å². The van der Waals surface area contributed by atoms with Gasteiger partial charge in [0.1, 0.15) is 17.3 Å². The lowest BCUT2D eigenvalue weighted by Gasteiger charge is -2.07. The lowest BCUT2D eigenvalue weighted by atomic mass is 10.1. The molecule has 120 valence electrons. The van der Waals surface area contributed by atoms with Gasteiger partial charge in [-0.1, -0.05) is 11.6 Å². The van der Waals surface area contributed by atoms with Crippen LogP contribution >= 0.6 is 11.6 Å². The second kappa shape index (κ2) is 7.65. The minimum atomic E-state index is -0.540. The molecule has 0 fully saturated rings. The summed E-state index contributed by atoms with van der Waals surface area (Å²) < 4.78 is 23.4. The predicted octanol–water partition coefficient (Wildman–Crippen LogP) is 4.15. The Kier molecular flexibility index (Phi) is 5.60. The standard InChI is InChI=1S/C17H15ClFNO3/c1-22-13-5-7-16(23-2)11(9-13)3-8-17(21)20-12-4-6-15(19)14(18)10-12/h3-10H,1-2H3,(H,20,21). The molecule has 0 aliphatic heterocycles. The second-order valence-corrected chi connectivity index (χ2v) is 4.97. The monoisotopic (exact) mass is 335 g/mol. The number of ether oxygens (including phenoxy) is 2. The number of nitrogens with one attached hydrogen (secondary N) is 1. The number of hydrogen-bond donors (Lipinski definition) is 1. The molecule has 2 aromatic carbocycles. The maximum atomic E-state index is 13.1. The van der Waals surface area contributed by atoms with Gasteiger partial charge in [-0.25, -0.2) is 4.39 Å². The molecular weight excluding hydrogens is 321 g/mol. The topological polar surface area (TPSA) is 47.6 Å². The van der Waals surface area contributed by atoms with Gasteiger partial charge >= 0.3 is 0 Å². The average molecular weight is 336 g/mol. The van der Waals surface area contributed by atoms with Crippen molar-refractivity contribution in [3.05, 3.63) is 58.9 Å². The van der Waals surface area contributed by atoms with Crippen LogP contribution in [-0.2, 0) is 4.79 Å². The van der Waals surface area contributed by atoms with Crippen molar-refractivity contribution < 1.29 is 18.7 Å². The van der Waals surface area contributed by atoms with Gasteiger partial charge in [-0.2, -0.15) is 0 Å². The van der Waals surface area contributed by atoms with E-state index in [1.807, 2.05) is 0 Å². The van der Waals surface area contributed by atoms with Crippen LogP contribution in [0.25, 0.3) is 6.08 Å². The zero-order chi connectivity index (χ0) is 16.8. The van der Waals surface area contributed by atoms with E-state index in [2.05, 4.69) is 5.32 Å². The van der Waals surface area contributed by atoms with Crippen LogP contribution in [0.2, 0.25) is 5.02 Å². The molecule has 0 saturated carbocycles. The summed E-state index contributed by atoms with van der Waals surface area (Å²) in [4.78, 5) is 11.9. The predicted molar refractivity (Wildman–Crippen MR) is 88.6 cm³/mol. The Labute approximate surface area is 138 Å². The summed E-state index contributed by atoms with van der Waals surface area (Å²) in [5.74, 6) is 0.342. The van der Waals surface area contributed by atoms with Crippen molar-refractivity contribution in [2.75, 3.05) is 19.5 Å². The maximum absolute atomic E-state index is 13.1. The fourth-order valence-corrected chi connectivity index (χ4v) is 2.07. The Hall–Kier alpha value is -2.53. The molecule has 0 heterocycles. The Morgan fingerprint density at radius 2 is 1.96 bits per heavy atom. The van der Waals surface area contributed by atoms with Gasteiger partial charge in [0.05, 0.1) is 19.2 Å². The number of carbonyl (C=O) groups is 1. The fraction of sp³-hybridized carbons (Fsp3) is 0.118. The van der Waals surface area contributed by atoms with Crippen molar-refractivity contribution in [1.29, 1.82) is 0 Å². The minimum absolute atomic E-state index is 0.0544. The van der Waals surface area contributed by atoms with Gasteiger partial charge in [-0.3, -0.25) is 4.79 Å². The van der Waals surface area contributed by atoms with E-state index in [4.69, 9.17) is 21.1 Å². The largest absolute Gasteiger partial charge is 0.497 e. The first kappa shape index (κ1) is 16.8. The van der Waals surface area contributed by atoms with Crippen molar-refractivity contribution >= 4 is 29.3 Å².